The van der Waals surface area contributed by atoms with Gasteiger partial charge in [0.25, 0.3) is 0 Å². The molecule has 1 aliphatic carbocycles. The fourth-order valence-electron chi connectivity index (χ4n) is 5.37. The van der Waals surface area contributed by atoms with Crippen molar-refractivity contribution in [3.8, 4) is 0 Å². The molecule has 0 spiro atoms. The number of nitrogens with zero attached hydrogens (tertiary/aromatic N) is 1. The molecule has 156 valence electrons. The van der Waals surface area contributed by atoms with E-state index in [1.165, 1.54) is 5.56 Å². The maximum Gasteiger partial charge on any atom is 0.229 e. The molecule has 1 saturated heterocycles. The third kappa shape index (κ3) is 3.61. The van der Waals surface area contributed by atoms with E-state index < -0.39 is 0 Å². The number of nitrogens with one attached hydrogen (secondary N) is 1. The Morgan fingerprint density at radius 1 is 1.03 bits per heavy atom. The first-order valence-corrected chi connectivity index (χ1v) is 11.4. The Hall–Kier alpha value is -2.04. The van der Waals surface area contributed by atoms with E-state index in [1.54, 1.807) is 0 Å². The molecular formula is C24H24Cl2N2O2. The summed E-state index contributed by atoms with van der Waals surface area (Å²) in [5.74, 6) is 0.00986. The zero-order chi connectivity index (χ0) is 20.7. The summed E-state index contributed by atoms with van der Waals surface area (Å²) in [6.45, 7) is 0. The number of rotatable bonds is 3. The second-order valence-electron chi connectivity index (χ2n) is 8.51. The Bertz CT molecular complexity index is 965. The molecule has 0 bridgehead atoms. The Labute approximate surface area is 186 Å². The number of benzene rings is 2. The summed E-state index contributed by atoms with van der Waals surface area (Å²) < 4.78 is 0. The van der Waals surface area contributed by atoms with Crippen LogP contribution in [0.4, 0.5) is 0 Å². The summed E-state index contributed by atoms with van der Waals surface area (Å²) in [5.41, 5.74) is 2.87. The number of alkyl halides is 1. The molecule has 5 rings (SSSR count). The highest BCUT2D eigenvalue weighted by molar-refractivity contribution is 6.31. The predicted octanol–water partition coefficient (Wildman–Crippen LogP) is 5.46. The highest BCUT2D eigenvalue weighted by atomic mass is 35.5. The van der Waals surface area contributed by atoms with E-state index in [2.05, 4.69) is 22.6 Å². The molecule has 6 heteroatoms. The first-order valence-electron chi connectivity index (χ1n) is 10.6. The van der Waals surface area contributed by atoms with Crippen LogP contribution in [0.25, 0.3) is 0 Å². The quantitative estimate of drug-likeness (QED) is 0.641. The lowest BCUT2D eigenvalue weighted by atomic mass is 9.64. The first kappa shape index (κ1) is 19.9. The van der Waals surface area contributed by atoms with Crippen molar-refractivity contribution < 1.29 is 9.63 Å². The topological polar surface area (TPSA) is 50.7 Å². The molecule has 30 heavy (non-hydrogen) atoms. The first-order chi connectivity index (χ1) is 14.6. The molecule has 2 aromatic carbocycles. The van der Waals surface area contributed by atoms with E-state index >= 15 is 0 Å². The maximum atomic E-state index is 13.3. The summed E-state index contributed by atoms with van der Waals surface area (Å²) in [4.78, 5) is 19.1. The van der Waals surface area contributed by atoms with Crippen LogP contribution in [0.2, 0.25) is 5.02 Å². The predicted molar refractivity (Wildman–Crippen MR) is 119 cm³/mol. The summed E-state index contributed by atoms with van der Waals surface area (Å²) in [6, 6.07) is 18.1. The number of hydrogen-bond donors (Lipinski definition) is 1. The van der Waals surface area contributed by atoms with Crippen molar-refractivity contribution in [2.45, 2.75) is 49.1 Å². The van der Waals surface area contributed by atoms with Crippen LogP contribution in [0, 0.1) is 11.8 Å². The molecule has 2 aromatic rings. The van der Waals surface area contributed by atoms with E-state index in [1.807, 2.05) is 42.5 Å². The van der Waals surface area contributed by atoms with Crippen LogP contribution in [0.15, 0.2) is 59.8 Å². The van der Waals surface area contributed by atoms with Gasteiger partial charge in [-0.3, -0.25) is 4.79 Å². The second kappa shape index (κ2) is 8.24. The number of halogens is 2. The molecule has 1 N–H and O–H groups in total. The summed E-state index contributed by atoms with van der Waals surface area (Å²) in [6.07, 6.45) is 3.06. The fraction of sp³-hybridized carbons (Fsp3) is 0.417. The molecule has 6 unspecified atom stereocenters. The average molecular weight is 443 g/mol. The lowest BCUT2D eigenvalue weighted by Gasteiger charge is -2.46. The number of amides is 1. The second-order valence-corrected chi connectivity index (χ2v) is 9.53. The Balaban J connectivity index is 1.48. The monoisotopic (exact) mass is 442 g/mol. The van der Waals surface area contributed by atoms with E-state index in [-0.39, 0.29) is 41.2 Å². The molecule has 4 nitrogen and oxygen atoms in total. The van der Waals surface area contributed by atoms with Gasteiger partial charge < -0.3 is 10.2 Å². The zero-order valence-corrected chi connectivity index (χ0v) is 18.0. The number of piperidine rings is 1. The van der Waals surface area contributed by atoms with Crippen LogP contribution in [0.1, 0.15) is 48.8 Å². The minimum absolute atomic E-state index is 0.0406. The van der Waals surface area contributed by atoms with Gasteiger partial charge in [0.1, 0.15) is 0 Å². The van der Waals surface area contributed by atoms with Gasteiger partial charge >= 0.3 is 0 Å². The van der Waals surface area contributed by atoms with E-state index in [0.29, 0.717) is 11.4 Å². The molecule has 1 amide bonds. The van der Waals surface area contributed by atoms with Crippen molar-refractivity contribution >= 4 is 34.8 Å². The normalized spacial score (nSPS) is 33.3. The van der Waals surface area contributed by atoms with Gasteiger partial charge in [-0.15, -0.1) is 11.6 Å². The molecule has 0 aromatic heterocycles. The Morgan fingerprint density at radius 3 is 2.60 bits per heavy atom. The fourth-order valence-corrected chi connectivity index (χ4v) is 5.96. The van der Waals surface area contributed by atoms with Crippen molar-refractivity contribution in [1.82, 2.24) is 5.32 Å². The van der Waals surface area contributed by atoms with Crippen molar-refractivity contribution in [3.05, 3.63) is 70.7 Å². The van der Waals surface area contributed by atoms with Gasteiger partial charge in [-0.25, -0.2) is 0 Å². The average Bonchev–Trinajstić information content (AvgIpc) is 3.23. The van der Waals surface area contributed by atoms with Crippen molar-refractivity contribution in [1.29, 1.82) is 0 Å². The third-order valence-corrected chi connectivity index (χ3v) is 7.49. The van der Waals surface area contributed by atoms with Gasteiger partial charge in [-0.1, -0.05) is 65.3 Å². The number of hydrogen-bond acceptors (Lipinski definition) is 3. The standard InChI is InChI=1S/C24H24Cl2N2O2/c25-15-10-11-19-17(12-15)22(14-6-2-1-3-7-14)23(24(29)27-19)20-13-21(30-28-20)16-8-4-5-9-18(16)26/h1-9,15,17,19,21-23H,10-13H2,(H,27,29). The Kier molecular flexibility index (Phi) is 5.46. The largest absolute Gasteiger partial charge is 0.387 e. The van der Waals surface area contributed by atoms with Gasteiger partial charge in [-0.05, 0) is 36.8 Å². The summed E-state index contributed by atoms with van der Waals surface area (Å²) >= 11 is 12.9. The molecule has 0 radical (unpaired) electrons. The summed E-state index contributed by atoms with van der Waals surface area (Å²) in [5, 5.41) is 8.48. The van der Waals surface area contributed by atoms with Gasteiger partial charge in [0.2, 0.25) is 5.91 Å². The Morgan fingerprint density at radius 2 is 1.80 bits per heavy atom. The third-order valence-electron chi connectivity index (χ3n) is 6.75. The summed E-state index contributed by atoms with van der Waals surface area (Å²) in [7, 11) is 0. The van der Waals surface area contributed by atoms with E-state index in [0.717, 1.165) is 30.5 Å². The lowest BCUT2D eigenvalue weighted by Crippen LogP contribution is -2.57. The molecule has 1 saturated carbocycles. The van der Waals surface area contributed by atoms with Crippen LogP contribution in [-0.2, 0) is 9.63 Å². The van der Waals surface area contributed by atoms with Crippen LogP contribution in [-0.4, -0.2) is 23.0 Å². The molecule has 6 atom stereocenters. The molecule has 2 fully saturated rings. The molecule has 2 aliphatic heterocycles. The van der Waals surface area contributed by atoms with E-state index in [4.69, 9.17) is 28.0 Å². The van der Waals surface area contributed by atoms with Gasteiger partial charge in [0.05, 0.1) is 11.6 Å². The van der Waals surface area contributed by atoms with Gasteiger partial charge in [-0.2, -0.15) is 0 Å². The molecular weight excluding hydrogens is 419 g/mol. The smallest absolute Gasteiger partial charge is 0.229 e. The van der Waals surface area contributed by atoms with Crippen LogP contribution in [0.5, 0.6) is 0 Å². The number of fused-ring (bicyclic) bond motifs is 1. The van der Waals surface area contributed by atoms with Crippen LogP contribution in [0.3, 0.4) is 0 Å². The van der Waals surface area contributed by atoms with Crippen LogP contribution < -0.4 is 5.32 Å². The van der Waals surface area contributed by atoms with Crippen LogP contribution >= 0.6 is 23.2 Å². The highest BCUT2D eigenvalue weighted by Crippen LogP contribution is 2.47. The molecule has 2 heterocycles. The van der Waals surface area contributed by atoms with E-state index in [9.17, 15) is 4.79 Å². The maximum absolute atomic E-state index is 13.3. The molecule has 3 aliphatic rings. The lowest BCUT2D eigenvalue weighted by molar-refractivity contribution is -0.128. The number of oxime groups is 1. The number of carbonyl (C=O) groups excluding carboxylic acids is 1. The van der Waals surface area contributed by atoms with Gasteiger partial charge in [0.15, 0.2) is 6.10 Å². The zero-order valence-electron chi connectivity index (χ0n) is 16.5. The van der Waals surface area contributed by atoms with Crippen molar-refractivity contribution in [2.24, 2.45) is 17.0 Å². The van der Waals surface area contributed by atoms with Crippen molar-refractivity contribution in [3.63, 3.8) is 0 Å². The number of carbonyl (C=O) groups is 1. The minimum atomic E-state index is -0.358. The highest BCUT2D eigenvalue weighted by Gasteiger charge is 2.50. The van der Waals surface area contributed by atoms with Crippen molar-refractivity contribution in [2.75, 3.05) is 0 Å². The van der Waals surface area contributed by atoms with Gasteiger partial charge in [0, 0.05) is 34.3 Å². The minimum Gasteiger partial charge on any atom is -0.387 e. The SMILES string of the molecule is O=C1NC2CCC(Cl)CC2C(c2ccccc2)C1C1=NOC(c2ccccc2Cl)C1.